The quantitative estimate of drug-likeness (QED) is 0.281. The molecular weight excluding hydrogens is 404 g/mol. The Bertz CT molecular complexity index is 1780. The van der Waals surface area contributed by atoms with Crippen molar-refractivity contribution in [2.24, 2.45) is 0 Å². The summed E-state index contributed by atoms with van der Waals surface area (Å²) < 4.78 is 8.32. The summed E-state index contributed by atoms with van der Waals surface area (Å²) in [4.78, 5) is 4.46. The molecule has 0 radical (unpaired) electrons. The molecular formula is C30H20N2O. The van der Waals surface area contributed by atoms with Crippen molar-refractivity contribution >= 4 is 43.9 Å². The zero-order valence-corrected chi connectivity index (χ0v) is 18.1. The fourth-order valence-electron chi connectivity index (χ4n) is 4.97. The van der Waals surface area contributed by atoms with E-state index in [-0.39, 0.29) is 0 Å². The molecule has 3 heteroatoms. The lowest BCUT2D eigenvalue weighted by Gasteiger charge is -2.10. The summed E-state index contributed by atoms with van der Waals surface area (Å²) in [7, 11) is 0. The summed E-state index contributed by atoms with van der Waals surface area (Å²) in [6.07, 6.45) is 1.85. The van der Waals surface area contributed by atoms with Gasteiger partial charge in [0.1, 0.15) is 5.58 Å². The van der Waals surface area contributed by atoms with E-state index in [2.05, 4.69) is 114 Å². The number of nitrogens with zero attached hydrogens (tertiary/aromatic N) is 2. The monoisotopic (exact) mass is 424 g/mol. The number of furan rings is 1. The highest BCUT2D eigenvalue weighted by molar-refractivity contribution is 6.09. The van der Waals surface area contributed by atoms with Gasteiger partial charge in [-0.15, -0.1) is 0 Å². The van der Waals surface area contributed by atoms with Gasteiger partial charge in [-0.1, -0.05) is 54.6 Å². The molecule has 0 aliphatic rings. The van der Waals surface area contributed by atoms with E-state index >= 15 is 0 Å². The molecule has 3 aromatic heterocycles. The lowest BCUT2D eigenvalue weighted by Crippen LogP contribution is -1.94. The van der Waals surface area contributed by atoms with Crippen LogP contribution in [0.25, 0.3) is 60.7 Å². The molecule has 0 aliphatic carbocycles. The van der Waals surface area contributed by atoms with Gasteiger partial charge in [-0.2, -0.15) is 0 Å². The molecule has 0 unspecified atom stereocenters. The molecule has 0 saturated carbocycles. The highest BCUT2D eigenvalue weighted by atomic mass is 16.3. The van der Waals surface area contributed by atoms with Crippen LogP contribution in [0.3, 0.4) is 0 Å². The third kappa shape index (κ3) is 2.72. The van der Waals surface area contributed by atoms with E-state index in [0.717, 1.165) is 33.2 Å². The van der Waals surface area contributed by atoms with Crippen LogP contribution in [0.5, 0.6) is 0 Å². The van der Waals surface area contributed by atoms with Crippen LogP contribution in [0.15, 0.2) is 108 Å². The van der Waals surface area contributed by atoms with Crippen LogP contribution in [-0.2, 0) is 0 Å². The second kappa shape index (κ2) is 6.81. The lowest BCUT2D eigenvalue weighted by atomic mass is 10.0. The molecule has 7 aromatic rings. The van der Waals surface area contributed by atoms with Gasteiger partial charge in [0, 0.05) is 33.4 Å². The van der Waals surface area contributed by atoms with Gasteiger partial charge in [0.15, 0.2) is 0 Å². The predicted octanol–water partition coefficient (Wildman–Crippen LogP) is 8.05. The Balaban J connectivity index is 1.45. The van der Waals surface area contributed by atoms with Gasteiger partial charge in [0.2, 0.25) is 5.71 Å². The van der Waals surface area contributed by atoms with Crippen LogP contribution in [-0.4, -0.2) is 9.55 Å². The molecule has 3 nitrogen and oxygen atoms in total. The van der Waals surface area contributed by atoms with E-state index in [4.69, 9.17) is 4.42 Å². The minimum absolute atomic E-state index is 0.687. The van der Waals surface area contributed by atoms with Gasteiger partial charge in [-0.05, 0) is 66.1 Å². The number of hydrogen-bond acceptors (Lipinski definition) is 2. The molecule has 0 saturated heterocycles. The van der Waals surface area contributed by atoms with E-state index in [9.17, 15) is 0 Å². The van der Waals surface area contributed by atoms with Crippen molar-refractivity contribution in [3.05, 3.63) is 109 Å². The van der Waals surface area contributed by atoms with E-state index < -0.39 is 0 Å². The summed E-state index contributed by atoms with van der Waals surface area (Å²) in [6.45, 7) is 2.06. The number of pyridine rings is 1. The third-order valence-electron chi connectivity index (χ3n) is 6.48. The van der Waals surface area contributed by atoms with Crippen molar-refractivity contribution in [3.63, 3.8) is 0 Å². The molecule has 0 fully saturated rings. The van der Waals surface area contributed by atoms with Crippen LogP contribution < -0.4 is 0 Å². The molecule has 0 bridgehead atoms. The molecule has 156 valence electrons. The maximum atomic E-state index is 5.96. The fraction of sp³-hybridized carbons (Fsp3) is 0.0333. The summed E-state index contributed by atoms with van der Waals surface area (Å²) in [5.74, 6) is 0. The van der Waals surface area contributed by atoms with Crippen LogP contribution >= 0.6 is 0 Å². The first-order chi connectivity index (χ1) is 16.3. The number of fused-ring (bicyclic) bond motifs is 6. The second-order valence-electron chi connectivity index (χ2n) is 8.60. The van der Waals surface area contributed by atoms with Crippen molar-refractivity contribution in [3.8, 4) is 16.8 Å². The zero-order valence-electron chi connectivity index (χ0n) is 18.1. The van der Waals surface area contributed by atoms with E-state index in [1.165, 1.54) is 27.4 Å². The SMILES string of the molecule is Cc1cnc2oc3ccc(-c4cccc(-n5c6ccccc6c6ccccc65)c4)cc3c2c1. The summed E-state index contributed by atoms with van der Waals surface area (Å²) >= 11 is 0. The summed E-state index contributed by atoms with van der Waals surface area (Å²) in [5, 5.41) is 4.70. The molecule has 33 heavy (non-hydrogen) atoms. The standard InChI is InChI=1S/C30H20N2O/c1-19-15-26-25-17-21(13-14-29(25)33-30(26)31-18-19)20-7-6-8-22(16-20)32-27-11-4-2-9-23(27)24-10-3-5-12-28(24)32/h2-18H,1H3. The maximum absolute atomic E-state index is 5.96. The average molecular weight is 425 g/mol. The smallest absolute Gasteiger partial charge is 0.227 e. The van der Waals surface area contributed by atoms with Crippen molar-refractivity contribution in [1.82, 2.24) is 9.55 Å². The van der Waals surface area contributed by atoms with Gasteiger partial charge < -0.3 is 8.98 Å². The van der Waals surface area contributed by atoms with Crippen LogP contribution in [0.4, 0.5) is 0 Å². The molecule has 4 aromatic carbocycles. The number of benzene rings is 4. The van der Waals surface area contributed by atoms with Crippen molar-refractivity contribution in [1.29, 1.82) is 0 Å². The largest absolute Gasteiger partial charge is 0.438 e. The third-order valence-corrected chi connectivity index (χ3v) is 6.48. The van der Waals surface area contributed by atoms with E-state index in [1.807, 2.05) is 6.20 Å². The predicted molar refractivity (Wildman–Crippen MR) is 136 cm³/mol. The van der Waals surface area contributed by atoms with Crippen molar-refractivity contribution in [2.75, 3.05) is 0 Å². The average Bonchev–Trinajstić information content (AvgIpc) is 3.39. The number of aromatic nitrogens is 2. The van der Waals surface area contributed by atoms with Gasteiger partial charge in [-0.25, -0.2) is 4.98 Å². The first-order valence-electron chi connectivity index (χ1n) is 11.1. The molecule has 0 spiro atoms. The molecule has 7 rings (SSSR count). The normalized spacial score (nSPS) is 11.8. The Morgan fingerprint density at radius 2 is 1.36 bits per heavy atom. The second-order valence-corrected chi connectivity index (χ2v) is 8.60. The fourth-order valence-corrected chi connectivity index (χ4v) is 4.97. The number of aryl methyl sites for hydroxylation is 1. The van der Waals surface area contributed by atoms with Crippen molar-refractivity contribution in [2.45, 2.75) is 6.92 Å². The minimum Gasteiger partial charge on any atom is -0.438 e. The van der Waals surface area contributed by atoms with Gasteiger partial charge in [0.25, 0.3) is 0 Å². The molecule has 3 heterocycles. The van der Waals surface area contributed by atoms with E-state index in [1.54, 1.807) is 0 Å². The Morgan fingerprint density at radius 3 is 2.15 bits per heavy atom. The van der Waals surface area contributed by atoms with Gasteiger partial charge in [-0.3, -0.25) is 0 Å². The lowest BCUT2D eigenvalue weighted by molar-refractivity contribution is 0.654. The summed E-state index contributed by atoms with van der Waals surface area (Å²) in [6, 6.07) is 34.5. The Labute approximate surface area is 190 Å². The number of rotatable bonds is 2. The highest BCUT2D eigenvalue weighted by Crippen LogP contribution is 2.35. The maximum Gasteiger partial charge on any atom is 0.227 e. The Hall–Kier alpha value is -4.37. The minimum atomic E-state index is 0.687. The van der Waals surface area contributed by atoms with Gasteiger partial charge in [0.05, 0.1) is 11.0 Å². The highest BCUT2D eigenvalue weighted by Gasteiger charge is 2.13. The van der Waals surface area contributed by atoms with Crippen LogP contribution in [0.1, 0.15) is 5.56 Å². The van der Waals surface area contributed by atoms with Crippen LogP contribution in [0.2, 0.25) is 0 Å². The molecule has 0 atom stereocenters. The first-order valence-corrected chi connectivity index (χ1v) is 11.1. The van der Waals surface area contributed by atoms with E-state index in [0.29, 0.717) is 5.71 Å². The van der Waals surface area contributed by atoms with Crippen LogP contribution in [0, 0.1) is 6.92 Å². The topological polar surface area (TPSA) is 31.0 Å². The van der Waals surface area contributed by atoms with Gasteiger partial charge >= 0.3 is 0 Å². The number of para-hydroxylation sites is 2. The Morgan fingerprint density at radius 1 is 0.636 bits per heavy atom. The molecule has 0 amide bonds. The first kappa shape index (κ1) is 18.2. The summed E-state index contributed by atoms with van der Waals surface area (Å²) in [5.41, 5.74) is 8.60. The number of hydrogen-bond donors (Lipinski definition) is 0. The molecule has 0 N–H and O–H groups in total. The Kier molecular flexibility index (Phi) is 3.76. The zero-order chi connectivity index (χ0) is 21.9. The molecule has 0 aliphatic heterocycles. The van der Waals surface area contributed by atoms with Crippen molar-refractivity contribution < 1.29 is 4.42 Å².